The maximum absolute atomic E-state index is 4.73. The van der Waals surface area contributed by atoms with Gasteiger partial charge >= 0.3 is 0 Å². The summed E-state index contributed by atoms with van der Waals surface area (Å²) in [5, 5.41) is 3.58. The van der Waals surface area contributed by atoms with Crippen LogP contribution in [0.2, 0.25) is 0 Å². The second kappa shape index (κ2) is 4.73. The molecule has 2 aromatic rings. The van der Waals surface area contributed by atoms with Gasteiger partial charge < -0.3 is 10.3 Å². The van der Waals surface area contributed by atoms with Gasteiger partial charge in [0.1, 0.15) is 5.82 Å². The van der Waals surface area contributed by atoms with E-state index in [1.165, 1.54) is 24.8 Å². The molecule has 0 saturated carbocycles. The number of aromatic amines is 1. The van der Waals surface area contributed by atoms with Crippen LogP contribution in [0, 0.1) is 12.8 Å². The Bertz CT molecular complexity index is 544. The average Bonchev–Trinajstić information content (AvgIpc) is 2.81. The van der Waals surface area contributed by atoms with E-state index in [4.69, 9.17) is 4.98 Å². The van der Waals surface area contributed by atoms with Crippen molar-refractivity contribution < 1.29 is 0 Å². The van der Waals surface area contributed by atoms with Crippen LogP contribution in [0.1, 0.15) is 43.6 Å². The van der Waals surface area contributed by atoms with Gasteiger partial charge in [-0.05, 0) is 49.9 Å². The van der Waals surface area contributed by atoms with E-state index >= 15 is 0 Å². The SMILES string of the molecule is CCC1CCNC(c2nc3ccc(C)cc3[nH]2)C1. The number of piperidine rings is 1. The molecule has 0 bridgehead atoms. The van der Waals surface area contributed by atoms with Crippen LogP contribution in [0.25, 0.3) is 11.0 Å². The number of hydrogen-bond acceptors (Lipinski definition) is 2. The fourth-order valence-corrected chi connectivity index (χ4v) is 2.88. The highest BCUT2D eigenvalue weighted by Gasteiger charge is 2.23. The molecule has 3 nitrogen and oxygen atoms in total. The molecule has 2 atom stereocenters. The minimum atomic E-state index is 0.399. The average molecular weight is 243 g/mol. The van der Waals surface area contributed by atoms with Crippen LogP contribution in [-0.2, 0) is 0 Å². The van der Waals surface area contributed by atoms with Crippen LogP contribution in [0.3, 0.4) is 0 Å². The van der Waals surface area contributed by atoms with E-state index in [0.29, 0.717) is 6.04 Å². The molecule has 2 N–H and O–H groups in total. The van der Waals surface area contributed by atoms with E-state index in [1.54, 1.807) is 0 Å². The Morgan fingerprint density at radius 1 is 1.39 bits per heavy atom. The van der Waals surface area contributed by atoms with E-state index in [-0.39, 0.29) is 0 Å². The summed E-state index contributed by atoms with van der Waals surface area (Å²) in [5.41, 5.74) is 3.52. The molecule has 1 aromatic carbocycles. The predicted octanol–water partition coefficient (Wildman–Crippen LogP) is 3.32. The molecule has 1 fully saturated rings. The Hall–Kier alpha value is -1.35. The maximum atomic E-state index is 4.73. The third kappa shape index (κ3) is 2.15. The molecule has 0 spiro atoms. The zero-order valence-corrected chi connectivity index (χ0v) is 11.2. The van der Waals surface area contributed by atoms with E-state index in [0.717, 1.165) is 29.3 Å². The summed E-state index contributed by atoms with van der Waals surface area (Å²) in [6, 6.07) is 6.80. The van der Waals surface area contributed by atoms with Crippen LogP contribution in [0.15, 0.2) is 18.2 Å². The Kier molecular flexibility index (Phi) is 3.08. The van der Waals surface area contributed by atoms with E-state index in [9.17, 15) is 0 Å². The van der Waals surface area contributed by atoms with Gasteiger partial charge in [0.25, 0.3) is 0 Å². The van der Waals surface area contributed by atoms with Gasteiger partial charge in [-0.15, -0.1) is 0 Å². The van der Waals surface area contributed by atoms with E-state index < -0.39 is 0 Å². The number of nitrogens with zero attached hydrogens (tertiary/aromatic N) is 1. The Balaban J connectivity index is 1.89. The van der Waals surface area contributed by atoms with E-state index in [1.807, 2.05) is 0 Å². The summed E-state index contributed by atoms with van der Waals surface area (Å²) in [6.45, 7) is 5.51. The molecule has 1 saturated heterocycles. The summed E-state index contributed by atoms with van der Waals surface area (Å²) in [5.74, 6) is 1.94. The molecule has 1 aliphatic rings. The minimum Gasteiger partial charge on any atom is -0.341 e. The number of nitrogens with one attached hydrogen (secondary N) is 2. The van der Waals surface area contributed by atoms with Crippen LogP contribution in [0.4, 0.5) is 0 Å². The summed E-state index contributed by atoms with van der Waals surface area (Å²) < 4.78 is 0. The molecule has 0 amide bonds. The lowest BCUT2D eigenvalue weighted by Crippen LogP contribution is -2.32. The first-order valence-corrected chi connectivity index (χ1v) is 6.96. The Morgan fingerprint density at radius 2 is 2.28 bits per heavy atom. The third-order valence-corrected chi connectivity index (χ3v) is 4.08. The van der Waals surface area contributed by atoms with Crippen LogP contribution >= 0.6 is 0 Å². The molecular weight excluding hydrogens is 222 g/mol. The lowest BCUT2D eigenvalue weighted by atomic mass is 9.90. The van der Waals surface area contributed by atoms with Crippen molar-refractivity contribution in [1.29, 1.82) is 0 Å². The molecular formula is C15H21N3. The van der Waals surface area contributed by atoms with E-state index in [2.05, 4.69) is 42.3 Å². The van der Waals surface area contributed by atoms with Crippen molar-refractivity contribution in [3.63, 3.8) is 0 Å². The van der Waals surface area contributed by atoms with Gasteiger partial charge in [0.15, 0.2) is 0 Å². The molecule has 2 heterocycles. The summed E-state index contributed by atoms with van der Waals surface area (Å²) in [6.07, 6.45) is 3.78. The van der Waals surface area contributed by atoms with Gasteiger partial charge in [-0.1, -0.05) is 19.4 Å². The maximum Gasteiger partial charge on any atom is 0.124 e. The predicted molar refractivity (Wildman–Crippen MR) is 74.6 cm³/mol. The van der Waals surface area contributed by atoms with Crippen LogP contribution in [-0.4, -0.2) is 16.5 Å². The summed E-state index contributed by atoms with van der Waals surface area (Å²) >= 11 is 0. The molecule has 3 rings (SSSR count). The van der Waals surface area contributed by atoms with Crippen molar-refractivity contribution in [3.8, 4) is 0 Å². The van der Waals surface area contributed by atoms with Crippen molar-refractivity contribution in [2.45, 2.75) is 39.2 Å². The van der Waals surface area contributed by atoms with Gasteiger partial charge in [0.2, 0.25) is 0 Å². The number of aromatic nitrogens is 2. The summed E-state index contributed by atoms with van der Waals surface area (Å²) in [4.78, 5) is 8.21. The largest absolute Gasteiger partial charge is 0.341 e. The fraction of sp³-hybridized carbons (Fsp3) is 0.533. The topological polar surface area (TPSA) is 40.7 Å². The molecule has 0 aliphatic carbocycles. The molecule has 1 aromatic heterocycles. The van der Waals surface area contributed by atoms with Crippen LogP contribution < -0.4 is 5.32 Å². The third-order valence-electron chi connectivity index (χ3n) is 4.08. The van der Waals surface area contributed by atoms with Crippen molar-refractivity contribution in [1.82, 2.24) is 15.3 Å². The normalized spacial score (nSPS) is 24.6. The monoisotopic (exact) mass is 243 g/mol. The van der Waals surface area contributed by atoms with Gasteiger partial charge in [-0.3, -0.25) is 0 Å². The first-order chi connectivity index (χ1) is 8.76. The van der Waals surface area contributed by atoms with Crippen molar-refractivity contribution in [3.05, 3.63) is 29.6 Å². The highest BCUT2D eigenvalue weighted by molar-refractivity contribution is 5.75. The fourth-order valence-electron chi connectivity index (χ4n) is 2.88. The standard InChI is InChI=1S/C15H21N3/c1-3-11-6-7-16-14(9-11)15-17-12-5-4-10(2)8-13(12)18-15/h4-5,8,11,14,16H,3,6-7,9H2,1-2H3,(H,17,18). The summed E-state index contributed by atoms with van der Waals surface area (Å²) in [7, 11) is 0. The number of imidazole rings is 1. The molecule has 18 heavy (non-hydrogen) atoms. The first-order valence-electron chi connectivity index (χ1n) is 6.96. The number of H-pyrrole nitrogens is 1. The molecule has 96 valence electrons. The van der Waals surface area contributed by atoms with Gasteiger partial charge in [0, 0.05) is 0 Å². The molecule has 3 heteroatoms. The van der Waals surface area contributed by atoms with Crippen molar-refractivity contribution >= 4 is 11.0 Å². The Labute approximate surface area is 108 Å². The molecule has 0 radical (unpaired) electrons. The zero-order chi connectivity index (χ0) is 12.5. The molecule has 1 aliphatic heterocycles. The second-order valence-corrected chi connectivity index (χ2v) is 5.45. The number of hydrogen-bond donors (Lipinski definition) is 2. The van der Waals surface area contributed by atoms with Crippen molar-refractivity contribution in [2.75, 3.05) is 6.54 Å². The van der Waals surface area contributed by atoms with Gasteiger partial charge in [0.05, 0.1) is 17.1 Å². The second-order valence-electron chi connectivity index (χ2n) is 5.45. The first kappa shape index (κ1) is 11.7. The number of aryl methyl sites for hydroxylation is 1. The zero-order valence-electron chi connectivity index (χ0n) is 11.2. The lowest BCUT2D eigenvalue weighted by molar-refractivity contribution is 0.292. The van der Waals surface area contributed by atoms with Crippen LogP contribution in [0.5, 0.6) is 0 Å². The van der Waals surface area contributed by atoms with Gasteiger partial charge in [-0.25, -0.2) is 4.98 Å². The minimum absolute atomic E-state index is 0.399. The quantitative estimate of drug-likeness (QED) is 0.849. The van der Waals surface area contributed by atoms with Gasteiger partial charge in [-0.2, -0.15) is 0 Å². The molecule has 2 unspecified atom stereocenters. The Morgan fingerprint density at radius 3 is 3.11 bits per heavy atom. The number of fused-ring (bicyclic) bond motifs is 1. The lowest BCUT2D eigenvalue weighted by Gasteiger charge is -2.28. The number of rotatable bonds is 2. The number of benzene rings is 1. The van der Waals surface area contributed by atoms with Crippen molar-refractivity contribution in [2.24, 2.45) is 5.92 Å². The smallest absolute Gasteiger partial charge is 0.124 e. The highest BCUT2D eigenvalue weighted by Crippen LogP contribution is 2.28. The highest BCUT2D eigenvalue weighted by atomic mass is 15.0.